The van der Waals surface area contributed by atoms with Gasteiger partial charge in [0, 0.05) is 32.0 Å². The van der Waals surface area contributed by atoms with Crippen molar-refractivity contribution in [1.82, 2.24) is 15.2 Å². The van der Waals surface area contributed by atoms with Gasteiger partial charge < -0.3 is 15.3 Å². The Hall–Kier alpha value is -1.60. The van der Waals surface area contributed by atoms with Gasteiger partial charge in [0.05, 0.1) is 11.8 Å². The van der Waals surface area contributed by atoms with Gasteiger partial charge >= 0.3 is 5.97 Å². The summed E-state index contributed by atoms with van der Waals surface area (Å²) in [6.45, 7) is 2.44. The minimum atomic E-state index is -0.811. The molecule has 1 aromatic rings. The molecule has 0 bridgehead atoms. The Morgan fingerprint density at radius 3 is 2.88 bits per heavy atom. The Kier molecular flexibility index (Phi) is 7.52. The summed E-state index contributed by atoms with van der Waals surface area (Å²) in [6, 6.07) is 3.74. The maximum atomic E-state index is 12.5. The van der Waals surface area contributed by atoms with Gasteiger partial charge in [0.2, 0.25) is 5.91 Å². The monoisotopic (exact) mass is 351 g/mol. The highest BCUT2D eigenvalue weighted by Crippen LogP contribution is 2.23. The van der Waals surface area contributed by atoms with E-state index in [2.05, 4.69) is 21.5 Å². The van der Waals surface area contributed by atoms with Crippen LogP contribution >= 0.6 is 11.8 Å². The second-order valence-corrected chi connectivity index (χ2v) is 7.14. The summed E-state index contributed by atoms with van der Waals surface area (Å²) in [5.41, 5.74) is 0.938. The zero-order valence-electron chi connectivity index (χ0n) is 14.0. The van der Waals surface area contributed by atoms with Crippen molar-refractivity contribution >= 4 is 23.6 Å². The molecule has 1 aromatic heterocycles. The molecule has 2 N–H and O–H groups in total. The fraction of sp³-hybridized carbons (Fsp3) is 0.588. The summed E-state index contributed by atoms with van der Waals surface area (Å²) < 4.78 is 0. The van der Waals surface area contributed by atoms with Gasteiger partial charge in [-0.3, -0.25) is 14.6 Å². The van der Waals surface area contributed by atoms with Gasteiger partial charge in [0.15, 0.2) is 0 Å². The molecule has 1 fully saturated rings. The molecule has 0 spiro atoms. The van der Waals surface area contributed by atoms with Crippen LogP contribution in [0.2, 0.25) is 0 Å². The third kappa shape index (κ3) is 5.79. The van der Waals surface area contributed by atoms with E-state index in [9.17, 15) is 14.7 Å². The van der Waals surface area contributed by atoms with Crippen molar-refractivity contribution in [2.75, 3.05) is 31.6 Å². The summed E-state index contributed by atoms with van der Waals surface area (Å²) in [5, 5.41) is 12.3. The summed E-state index contributed by atoms with van der Waals surface area (Å²) in [5.74, 6) is -0.575. The number of thioether (sulfide) groups is 1. The lowest BCUT2D eigenvalue weighted by Gasteiger charge is -2.35. The van der Waals surface area contributed by atoms with Crippen LogP contribution in [0.1, 0.15) is 18.4 Å². The Bertz CT molecular complexity index is 541. The van der Waals surface area contributed by atoms with E-state index >= 15 is 0 Å². The number of pyridine rings is 1. The first kappa shape index (κ1) is 18.7. The number of piperidine rings is 1. The fourth-order valence-electron chi connectivity index (χ4n) is 3.01. The van der Waals surface area contributed by atoms with Gasteiger partial charge in [-0.1, -0.05) is 6.07 Å². The number of nitrogens with one attached hydrogen (secondary N) is 1. The van der Waals surface area contributed by atoms with Crippen LogP contribution in [0.3, 0.4) is 0 Å². The highest BCUT2D eigenvalue weighted by atomic mass is 32.2. The number of rotatable bonds is 8. The molecule has 0 aromatic carbocycles. The van der Waals surface area contributed by atoms with Crippen molar-refractivity contribution in [1.29, 1.82) is 0 Å². The normalized spacial score (nSPS) is 21.4. The molecule has 1 aliphatic heterocycles. The zero-order chi connectivity index (χ0) is 17.4. The SMILES string of the molecule is CSCCCN1C[C@@H](C(=O)O)C[C@@H](C(=O)NCc2cccnc2)C1. The minimum Gasteiger partial charge on any atom is -0.481 e. The first-order valence-corrected chi connectivity index (χ1v) is 9.60. The number of aromatic nitrogens is 1. The van der Waals surface area contributed by atoms with E-state index < -0.39 is 11.9 Å². The van der Waals surface area contributed by atoms with Crippen molar-refractivity contribution in [3.63, 3.8) is 0 Å². The fourth-order valence-corrected chi connectivity index (χ4v) is 3.43. The molecular formula is C17H25N3O3S. The molecule has 0 radical (unpaired) electrons. The number of carbonyl (C=O) groups is 2. The Balaban J connectivity index is 1.90. The molecule has 2 rings (SSSR count). The largest absolute Gasteiger partial charge is 0.481 e. The number of hydrogen-bond acceptors (Lipinski definition) is 5. The molecular weight excluding hydrogens is 326 g/mol. The summed E-state index contributed by atoms with van der Waals surface area (Å²) in [7, 11) is 0. The predicted molar refractivity (Wildman–Crippen MR) is 94.8 cm³/mol. The van der Waals surface area contributed by atoms with Crippen LogP contribution in [0.15, 0.2) is 24.5 Å². The van der Waals surface area contributed by atoms with Crippen molar-refractivity contribution in [3.05, 3.63) is 30.1 Å². The number of nitrogens with zero attached hydrogens (tertiary/aromatic N) is 2. The van der Waals surface area contributed by atoms with Crippen LogP contribution < -0.4 is 5.32 Å². The van der Waals surface area contributed by atoms with Crippen LogP contribution in [-0.2, 0) is 16.1 Å². The molecule has 24 heavy (non-hydrogen) atoms. The van der Waals surface area contributed by atoms with Crippen molar-refractivity contribution in [3.8, 4) is 0 Å². The molecule has 0 saturated carbocycles. The van der Waals surface area contributed by atoms with Crippen LogP contribution in [0.5, 0.6) is 0 Å². The predicted octanol–water partition coefficient (Wildman–Crippen LogP) is 1.47. The summed E-state index contributed by atoms with van der Waals surface area (Å²) >= 11 is 1.78. The molecule has 6 nitrogen and oxygen atoms in total. The van der Waals surface area contributed by atoms with E-state index in [4.69, 9.17) is 0 Å². The number of carboxylic acids is 1. The maximum absolute atomic E-state index is 12.5. The van der Waals surface area contributed by atoms with Gasteiger partial charge in [0.1, 0.15) is 0 Å². The van der Waals surface area contributed by atoms with Crippen LogP contribution in [0.25, 0.3) is 0 Å². The second-order valence-electron chi connectivity index (χ2n) is 6.15. The maximum Gasteiger partial charge on any atom is 0.307 e. The number of likely N-dealkylation sites (tertiary alicyclic amines) is 1. The van der Waals surface area contributed by atoms with E-state index in [1.54, 1.807) is 24.2 Å². The average Bonchev–Trinajstić information content (AvgIpc) is 2.60. The van der Waals surface area contributed by atoms with Gasteiger partial charge in [-0.2, -0.15) is 11.8 Å². The highest BCUT2D eigenvalue weighted by Gasteiger charge is 2.34. The summed E-state index contributed by atoms with van der Waals surface area (Å²) in [6.07, 6.45) is 6.89. The van der Waals surface area contributed by atoms with Crippen LogP contribution in [0, 0.1) is 11.8 Å². The molecule has 7 heteroatoms. The number of carbonyl (C=O) groups excluding carboxylic acids is 1. The van der Waals surface area contributed by atoms with Crippen LogP contribution in [0.4, 0.5) is 0 Å². The Morgan fingerprint density at radius 2 is 2.21 bits per heavy atom. The van der Waals surface area contributed by atoms with Crippen molar-refractivity contribution in [2.24, 2.45) is 11.8 Å². The first-order chi connectivity index (χ1) is 11.6. The van der Waals surface area contributed by atoms with Crippen molar-refractivity contribution < 1.29 is 14.7 Å². The quantitative estimate of drug-likeness (QED) is 0.690. The number of carboxylic acid groups (broad SMARTS) is 1. The molecule has 0 unspecified atom stereocenters. The molecule has 2 atom stereocenters. The smallest absolute Gasteiger partial charge is 0.307 e. The summed E-state index contributed by atoms with van der Waals surface area (Å²) in [4.78, 5) is 30.0. The number of amides is 1. The lowest BCUT2D eigenvalue weighted by Crippen LogP contribution is -2.48. The Morgan fingerprint density at radius 1 is 1.42 bits per heavy atom. The van der Waals surface area contributed by atoms with Gasteiger partial charge in [-0.25, -0.2) is 0 Å². The molecule has 1 aliphatic rings. The second kappa shape index (κ2) is 9.64. The van der Waals surface area contributed by atoms with E-state index in [0.29, 0.717) is 26.1 Å². The number of hydrogen-bond donors (Lipinski definition) is 2. The minimum absolute atomic E-state index is 0.0698. The Labute approximate surface area is 147 Å². The van der Waals surface area contributed by atoms with E-state index in [1.165, 1.54) is 0 Å². The van der Waals surface area contributed by atoms with Gasteiger partial charge in [-0.15, -0.1) is 0 Å². The first-order valence-electron chi connectivity index (χ1n) is 8.21. The molecule has 1 amide bonds. The van der Waals surface area contributed by atoms with Crippen molar-refractivity contribution in [2.45, 2.75) is 19.4 Å². The third-order valence-corrected chi connectivity index (χ3v) is 4.96. The lowest BCUT2D eigenvalue weighted by molar-refractivity contribution is -0.145. The van der Waals surface area contributed by atoms with Gasteiger partial charge in [0.25, 0.3) is 0 Å². The van der Waals surface area contributed by atoms with Gasteiger partial charge in [-0.05, 0) is 43.0 Å². The molecule has 1 saturated heterocycles. The molecule has 2 heterocycles. The third-order valence-electron chi connectivity index (χ3n) is 4.26. The standard InChI is InChI=1S/C17H25N3O3S/c1-24-7-3-6-20-11-14(8-15(12-20)17(22)23)16(21)19-10-13-4-2-5-18-9-13/h2,4-5,9,14-15H,3,6-8,10-12H2,1H3,(H,19,21)(H,22,23)/t14-,15+/m1/s1. The highest BCUT2D eigenvalue weighted by molar-refractivity contribution is 7.98. The molecule has 0 aliphatic carbocycles. The molecule has 132 valence electrons. The van der Waals surface area contributed by atoms with E-state index in [1.807, 2.05) is 12.1 Å². The average molecular weight is 351 g/mol. The number of aliphatic carboxylic acids is 1. The van der Waals surface area contributed by atoms with E-state index in [-0.39, 0.29) is 11.8 Å². The van der Waals surface area contributed by atoms with E-state index in [0.717, 1.165) is 24.3 Å². The zero-order valence-corrected chi connectivity index (χ0v) is 14.8. The lowest BCUT2D eigenvalue weighted by atomic mass is 9.88. The topological polar surface area (TPSA) is 82.5 Å². The van der Waals surface area contributed by atoms with Crippen LogP contribution in [-0.4, -0.2) is 58.5 Å².